The van der Waals surface area contributed by atoms with Gasteiger partial charge in [0.1, 0.15) is 0 Å². The number of hydrogen-bond donors (Lipinski definition) is 1. The van der Waals surface area contributed by atoms with Crippen molar-refractivity contribution in [1.82, 2.24) is 5.32 Å². The van der Waals surface area contributed by atoms with Gasteiger partial charge >= 0.3 is 0 Å². The maximum atomic E-state index is 3.49. The van der Waals surface area contributed by atoms with Gasteiger partial charge in [-0.05, 0) is 50.5 Å². The molecule has 0 saturated carbocycles. The molecule has 2 fully saturated rings. The summed E-state index contributed by atoms with van der Waals surface area (Å²) >= 11 is 0. The lowest BCUT2D eigenvalue weighted by Crippen LogP contribution is -2.49. The second kappa shape index (κ2) is 5.83. The highest BCUT2D eigenvalue weighted by Gasteiger charge is 2.16. The number of piperidine rings is 1. The van der Waals surface area contributed by atoms with Crippen LogP contribution in [0.4, 0.5) is 11.4 Å². The van der Waals surface area contributed by atoms with E-state index in [2.05, 4.69) is 46.3 Å². The summed E-state index contributed by atoms with van der Waals surface area (Å²) in [6, 6.07) is 9.78. The van der Waals surface area contributed by atoms with Crippen LogP contribution in [0.5, 0.6) is 0 Å². The molecule has 2 heterocycles. The first kappa shape index (κ1) is 12.8. The van der Waals surface area contributed by atoms with Gasteiger partial charge in [-0.25, -0.2) is 0 Å². The van der Waals surface area contributed by atoms with Gasteiger partial charge in [-0.3, -0.25) is 0 Å². The quantitative estimate of drug-likeness (QED) is 0.880. The highest BCUT2D eigenvalue weighted by Crippen LogP contribution is 2.24. The SMILES string of the molecule is CC1CN(c2ccc(N3CCCCC3)cc2)CCN1. The monoisotopic (exact) mass is 259 g/mol. The van der Waals surface area contributed by atoms with Crippen LogP contribution in [0, 0.1) is 0 Å². The molecule has 3 rings (SSSR count). The summed E-state index contributed by atoms with van der Waals surface area (Å²) in [4.78, 5) is 5.01. The van der Waals surface area contributed by atoms with E-state index in [0.717, 1.165) is 19.6 Å². The minimum atomic E-state index is 0.593. The Morgan fingerprint density at radius 2 is 1.53 bits per heavy atom. The van der Waals surface area contributed by atoms with Gasteiger partial charge in [-0.1, -0.05) is 0 Å². The third-order valence-electron chi connectivity index (χ3n) is 4.30. The first-order valence-corrected chi connectivity index (χ1v) is 7.66. The highest BCUT2D eigenvalue weighted by atomic mass is 15.2. The summed E-state index contributed by atoms with van der Waals surface area (Å²) < 4.78 is 0. The summed E-state index contributed by atoms with van der Waals surface area (Å²) in [5, 5.41) is 3.49. The zero-order valence-electron chi connectivity index (χ0n) is 11.9. The fourth-order valence-corrected chi connectivity index (χ4v) is 3.19. The van der Waals surface area contributed by atoms with E-state index < -0.39 is 0 Å². The first-order chi connectivity index (χ1) is 9.33. The number of piperazine rings is 1. The third kappa shape index (κ3) is 3.03. The molecule has 1 aromatic carbocycles. The minimum absolute atomic E-state index is 0.593. The van der Waals surface area contributed by atoms with E-state index in [1.54, 1.807) is 0 Å². The predicted octanol–water partition coefficient (Wildman–Crippen LogP) is 2.48. The lowest BCUT2D eigenvalue weighted by molar-refractivity contribution is 0.485. The maximum Gasteiger partial charge on any atom is 0.0368 e. The second-order valence-electron chi connectivity index (χ2n) is 5.87. The molecule has 104 valence electrons. The van der Waals surface area contributed by atoms with Crippen LogP contribution in [0.1, 0.15) is 26.2 Å². The van der Waals surface area contributed by atoms with Gasteiger partial charge in [-0.15, -0.1) is 0 Å². The largest absolute Gasteiger partial charge is 0.372 e. The topological polar surface area (TPSA) is 18.5 Å². The van der Waals surface area contributed by atoms with Gasteiger partial charge < -0.3 is 15.1 Å². The Bertz CT molecular complexity index is 395. The molecule has 0 amide bonds. The smallest absolute Gasteiger partial charge is 0.0368 e. The molecule has 1 N–H and O–H groups in total. The molecule has 1 aromatic rings. The van der Waals surface area contributed by atoms with E-state index in [1.165, 1.54) is 43.7 Å². The zero-order valence-corrected chi connectivity index (χ0v) is 11.9. The molecule has 19 heavy (non-hydrogen) atoms. The molecule has 3 nitrogen and oxygen atoms in total. The Hall–Kier alpha value is -1.22. The number of anilines is 2. The lowest BCUT2D eigenvalue weighted by Gasteiger charge is -2.34. The summed E-state index contributed by atoms with van der Waals surface area (Å²) in [7, 11) is 0. The molecule has 0 aliphatic carbocycles. The summed E-state index contributed by atoms with van der Waals surface area (Å²) in [6.45, 7) is 8.04. The molecular weight excluding hydrogens is 234 g/mol. The molecule has 0 radical (unpaired) electrons. The molecule has 2 aliphatic rings. The van der Waals surface area contributed by atoms with Crippen LogP contribution in [0.15, 0.2) is 24.3 Å². The Morgan fingerprint density at radius 1 is 0.895 bits per heavy atom. The molecule has 3 heteroatoms. The van der Waals surface area contributed by atoms with Crippen LogP contribution in [-0.4, -0.2) is 38.8 Å². The molecule has 0 aromatic heterocycles. The molecule has 0 bridgehead atoms. The van der Waals surface area contributed by atoms with E-state index >= 15 is 0 Å². The fourth-order valence-electron chi connectivity index (χ4n) is 3.19. The fraction of sp³-hybridized carbons (Fsp3) is 0.625. The number of nitrogens with zero attached hydrogens (tertiary/aromatic N) is 2. The van der Waals surface area contributed by atoms with Crippen LogP contribution in [0.2, 0.25) is 0 Å². The van der Waals surface area contributed by atoms with Crippen molar-refractivity contribution >= 4 is 11.4 Å². The normalized spacial score (nSPS) is 24.6. The average molecular weight is 259 g/mol. The van der Waals surface area contributed by atoms with E-state index in [1.807, 2.05) is 0 Å². The van der Waals surface area contributed by atoms with Crippen LogP contribution >= 0.6 is 0 Å². The van der Waals surface area contributed by atoms with Crippen molar-refractivity contribution in [2.75, 3.05) is 42.5 Å². The van der Waals surface area contributed by atoms with Crippen molar-refractivity contribution in [2.24, 2.45) is 0 Å². The summed E-state index contributed by atoms with van der Waals surface area (Å²) in [5.74, 6) is 0. The van der Waals surface area contributed by atoms with E-state index in [-0.39, 0.29) is 0 Å². The van der Waals surface area contributed by atoms with E-state index in [0.29, 0.717) is 6.04 Å². The Kier molecular flexibility index (Phi) is 3.92. The van der Waals surface area contributed by atoms with Gasteiger partial charge in [0.2, 0.25) is 0 Å². The summed E-state index contributed by atoms with van der Waals surface area (Å²) in [6.07, 6.45) is 4.08. The number of benzene rings is 1. The number of rotatable bonds is 2. The van der Waals surface area contributed by atoms with Gasteiger partial charge in [0, 0.05) is 50.1 Å². The van der Waals surface area contributed by atoms with Crippen molar-refractivity contribution in [1.29, 1.82) is 0 Å². The molecule has 2 aliphatic heterocycles. The van der Waals surface area contributed by atoms with Gasteiger partial charge in [0.25, 0.3) is 0 Å². The van der Waals surface area contributed by atoms with Crippen LogP contribution < -0.4 is 15.1 Å². The molecule has 1 unspecified atom stereocenters. The highest BCUT2D eigenvalue weighted by molar-refractivity contribution is 5.56. The first-order valence-electron chi connectivity index (χ1n) is 7.66. The van der Waals surface area contributed by atoms with Gasteiger partial charge in [0.15, 0.2) is 0 Å². The van der Waals surface area contributed by atoms with Crippen molar-refractivity contribution in [3.8, 4) is 0 Å². The second-order valence-corrected chi connectivity index (χ2v) is 5.87. The number of nitrogens with one attached hydrogen (secondary N) is 1. The molecule has 1 atom stereocenters. The zero-order chi connectivity index (χ0) is 13.1. The number of hydrogen-bond acceptors (Lipinski definition) is 3. The van der Waals surface area contributed by atoms with Crippen LogP contribution in [0.3, 0.4) is 0 Å². The Morgan fingerprint density at radius 3 is 2.16 bits per heavy atom. The van der Waals surface area contributed by atoms with Gasteiger partial charge in [-0.2, -0.15) is 0 Å². The standard InChI is InChI=1S/C16H25N3/c1-14-13-19(12-9-17-14)16-7-5-15(6-8-16)18-10-3-2-4-11-18/h5-8,14,17H,2-4,9-13H2,1H3. The van der Waals surface area contributed by atoms with Crippen molar-refractivity contribution < 1.29 is 0 Å². The van der Waals surface area contributed by atoms with Crippen molar-refractivity contribution in [3.05, 3.63) is 24.3 Å². The molecule has 2 saturated heterocycles. The van der Waals surface area contributed by atoms with Crippen LogP contribution in [-0.2, 0) is 0 Å². The van der Waals surface area contributed by atoms with Crippen LogP contribution in [0.25, 0.3) is 0 Å². The minimum Gasteiger partial charge on any atom is -0.372 e. The molecular formula is C16H25N3. The molecule has 0 spiro atoms. The van der Waals surface area contributed by atoms with E-state index in [4.69, 9.17) is 0 Å². The average Bonchev–Trinajstić information content (AvgIpc) is 2.48. The Balaban J connectivity index is 1.67. The van der Waals surface area contributed by atoms with Gasteiger partial charge in [0.05, 0.1) is 0 Å². The lowest BCUT2D eigenvalue weighted by atomic mass is 10.1. The summed E-state index contributed by atoms with van der Waals surface area (Å²) in [5.41, 5.74) is 2.76. The van der Waals surface area contributed by atoms with E-state index in [9.17, 15) is 0 Å². The third-order valence-corrected chi connectivity index (χ3v) is 4.30. The predicted molar refractivity (Wildman–Crippen MR) is 82.2 cm³/mol. The van der Waals surface area contributed by atoms with Crippen molar-refractivity contribution in [2.45, 2.75) is 32.2 Å². The van der Waals surface area contributed by atoms with Crippen molar-refractivity contribution in [3.63, 3.8) is 0 Å². The maximum absolute atomic E-state index is 3.49. The Labute approximate surface area is 116 Å².